The molecule has 0 aliphatic carbocycles. The van der Waals surface area contributed by atoms with Gasteiger partial charge in [-0.25, -0.2) is 0 Å². The van der Waals surface area contributed by atoms with Crippen molar-refractivity contribution in [1.82, 2.24) is 5.32 Å². The largest absolute Gasteiger partial charge is 0.481 e. The molecule has 3 N–H and O–H groups in total. The fraction of sp³-hybridized carbons (Fsp3) is 0.0625. The number of anilines is 1. The number of aliphatic carboxylic acids is 1. The van der Waals surface area contributed by atoms with Crippen LogP contribution in [-0.2, 0) is 11.2 Å². The number of carbonyl (C=O) groups excluding carboxylic acids is 1. The molecule has 118 valence electrons. The molecule has 0 aliphatic heterocycles. The van der Waals surface area contributed by atoms with Crippen molar-refractivity contribution >= 4 is 46.5 Å². The van der Waals surface area contributed by atoms with Crippen molar-refractivity contribution in [3.63, 3.8) is 0 Å². The van der Waals surface area contributed by atoms with Gasteiger partial charge in [-0.05, 0) is 54.2 Å². The average molecular weight is 349 g/mol. The van der Waals surface area contributed by atoms with Crippen LogP contribution in [0, 0.1) is 0 Å². The first-order valence-corrected chi connectivity index (χ1v) is 7.41. The number of carboxylic acids is 1. The maximum atomic E-state index is 12.0. The van der Waals surface area contributed by atoms with Crippen LogP contribution >= 0.6 is 23.8 Å². The number of rotatable bonds is 4. The quantitative estimate of drug-likeness (QED) is 0.740. The lowest BCUT2D eigenvalue weighted by Crippen LogP contribution is -2.34. The molecule has 2 aromatic carbocycles. The number of thiocarbonyl (C=S) groups is 1. The minimum atomic E-state index is -0.892. The van der Waals surface area contributed by atoms with Gasteiger partial charge in [0, 0.05) is 16.3 Å². The number of hydrogen-bond acceptors (Lipinski definition) is 3. The second-order valence-corrected chi connectivity index (χ2v) is 5.53. The molecule has 0 unspecified atom stereocenters. The highest BCUT2D eigenvalue weighted by Gasteiger charge is 2.08. The van der Waals surface area contributed by atoms with E-state index in [1.54, 1.807) is 48.5 Å². The van der Waals surface area contributed by atoms with Gasteiger partial charge in [-0.2, -0.15) is 0 Å². The van der Waals surface area contributed by atoms with Gasteiger partial charge < -0.3 is 10.4 Å². The molecule has 2 aromatic rings. The van der Waals surface area contributed by atoms with E-state index in [2.05, 4.69) is 10.6 Å². The SMILES string of the molecule is O=C(O)Cc1ccc(NC(=S)NC(=O)c2ccc(Cl)cc2)cc1. The predicted octanol–water partition coefficient (Wildman–Crippen LogP) is 3.09. The summed E-state index contributed by atoms with van der Waals surface area (Å²) >= 11 is 10.8. The van der Waals surface area contributed by atoms with Crippen molar-refractivity contribution in [1.29, 1.82) is 0 Å². The number of halogens is 1. The molecule has 0 heterocycles. The van der Waals surface area contributed by atoms with Crippen LogP contribution in [0.25, 0.3) is 0 Å². The average Bonchev–Trinajstić information content (AvgIpc) is 2.49. The molecule has 2 rings (SSSR count). The number of carbonyl (C=O) groups is 2. The Morgan fingerprint density at radius 3 is 2.22 bits per heavy atom. The van der Waals surface area contributed by atoms with E-state index in [9.17, 15) is 9.59 Å². The highest BCUT2D eigenvalue weighted by atomic mass is 35.5. The van der Waals surface area contributed by atoms with E-state index in [-0.39, 0.29) is 17.4 Å². The van der Waals surface area contributed by atoms with Gasteiger partial charge in [0.25, 0.3) is 5.91 Å². The van der Waals surface area contributed by atoms with Crippen molar-refractivity contribution < 1.29 is 14.7 Å². The van der Waals surface area contributed by atoms with Crippen LogP contribution in [0.15, 0.2) is 48.5 Å². The molecule has 0 radical (unpaired) electrons. The molecule has 23 heavy (non-hydrogen) atoms. The zero-order valence-corrected chi connectivity index (χ0v) is 13.4. The van der Waals surface area contributed by atoms with Gasteiger partial charge in [0.1, 0.15) is 0 Å². The van der Waals surface area contributed by atoms with Crippen LogP contribution in [0.5, 0.6) is 0 Å². The lowest BCUT2D eigenvalue weighted by molar-refractivity contribution is -0.136. The molecule has 0 saturated carbocycles. The van der Waals surface area contributed by atoms with Gasteiger partial charge in [-0.15, -0.1) is 0 Å². The maximum absolute atomic E-state index is 12.0. The maximum Gasteiger partial charge on any atom is 0.307 e. The fourth-order valence-corrected chi connectivity index (χ4v) is 2.16. The summed E-state index contributed by atoms with van der Waals surface area (Å²) in [5, 5.41) is 14.8. The molecular weight excluding hydrogens is 336 g/mol. The van der Waals surface area contributed by atoms with Gasteiger partial charge in [-0.3, -0.25) is 14.9 Å². The zero-order chi connectivity index (χ0) is 16.8. The molecule has 0 atom stereocenters. The Morgan fingerprint density at radius 2 is 1.65 bits per heavy atom. The van der Waals surface area contributed by atoms with Crippen molar-refractivity contribution in [3.05, 3.63) is 64.7 Å². The minimum Gasteiger partial charge on any atom is -0.481 e. The Bertz CT molecular complexity index is 730. The van der Waals surface area contributed by atoms with Gasteiger partial charge >= 0.3 is 5.97 Å². The molecule has 1 amide bonds. The molecule has 7 heteroatoms. The molecule has 0 aromatic heterocycles. The van der Waals surface area contributed by atoms with E-state index in [1.165, 1.54) is 0 Å². The van der Waals surface area contributed by atoms with Crippen LogP contribution in [0.1, 0.15) is 15.9 Å². The first-order valence-electron chi connectivity index (χ1n) is 6.62. The highest BCUT2D eigenvalue weighted by molar-refractivity contribution is 7.80. The Morgan fingerprint density at radius 1 is 1.04 bits per heavy atom. The Balaban J connectivity index is 1.92. The van der Waals surface area contributed by atoms with Gasteiger partial charge in [0.15, 0.2) is 5.11 Å². The van der Waals surface area contributed by atoms with Crippen molar-refractivity contribution in [2.75, 3.05) is 5.32 Å². The van der Waals surface area contributed by atoms with Gasteiger partial charge in [0.05, 0.1) is 6.42 Å². The standard InChI is InChI=1S/C16H13ClN2O3S/c17-12-5-3-11(4-6-12)15(22)19-16(23)18-13-7-1-10(2-8-13)9-14(20)21/h1-8H,9H2,(H,20,21)(H2,18,19,22,23). The normalized spacial score (nSPS) is 9.96. The molecule has 0 saturated heterocycles. The third-order valence-electron chi connectivity index (χ3n) is 2.90. The van der Waals surface area contributed by atoms with E-state index in [0.717, 1.165) is 0 Å². The van der Waals surface area contributed by atoms with E-state index < -0.39 is 5.97 Å². The number of hydrogen-bond donors (Lipinski definition) is 3. The van der Waals surface area contributed by atoms with E-state index in [0.29, 0.717) is 21.8 Å². The number of nitrogens with one attached hydrogen (secondary N) is 2. The molecular formula is C16H13ClN2O3S. The second-order valence-electron chi connectivity index (χ2n) is 4.68. The Hall–Kier alpha value is -2.44. The summed E-state index contributed by atoms with van der Waals surface area (Å²) in [5.74, 6) is -1.24. The predicted molar refractivity (Wildman–Crippen MR) is 92.9 cm³/mol. The number of benzene rings is 2. The monoisotopic (exact) mass is 348 g/mol. The molecule has 0 bridgehead atoms. The molecule has 0 fully saturated rings. The van der Waals surface area contributed by atoms with Crippen LogP contribution in [0.3, 0.4) is 0 Å². The number of amides is 1. The molecule has 0 aliphatic rings. The van der Waals surface area contributed by atoms with E-state index in [1.807, 2.05) is 0 Å². The Labute approximate surface area is 143 Å². The van der Waals surface area contributed by atoms with E-state index in [4.69, 9.17) is 28.9 Å². The summed E-state index contributed by atoms with van der Waals surface area (Å²) in [6.07, 6.45) is -0.0436. The van der Waals surface area contributed by atoms with Crippen LogP contribution < -0.4 is 10.6 Å². The summed E-state index contributed by atoms with van der Waals surface area (Å²) in [6.45, 7) is 0. The first-order chi connectivity index (χ1) is 10.9. The minimum absolute atomic E-state index is 0.0436. The second kappa shape index (κ2) is 7.71. The van der Waals surface area contributed by atoms with Crippen LogP contribution in [0.4, 0.5) is 5.69 Å². The van der Waals surface area contributed by atoms with Crippen molar-refractivity contribution in [2.45, 2.75) is 6.42 Å². The summed E-state index contributed by atoms with van der Waals surface area (Å²) in [4.78, 5) is 22.6. The number of carboxylic acid groups (broad SMARTS) is 1. The van der Waals surface area contributed by atoms with Crippen molar-refractivity contribution in [2.24, 2.45) is 0 Å². The van der Waals surface area contributed by atoms with E-state index >= 15 is 0 Å². The van der Waals surface area contributed by atoms with Crippen LogP contribution in [-0.4, -0.2) is 22.1 Å². The van der Waals surface area contributed by atoms with Crippen molar-refractivity contribution in [3.8, 4) is 0 Å². The zero-order valence-electron chi connectivity index (χ0n) is 11.9. The van der Waals surface area contributed by atoms with Gasteiger partial charge in [-0.1, -0.05) is 23.7 Å². The topological polar surface area (TPSA) is 78.4 Å². The molecule has 0 spiro atoms. The summed E-state index contributed by atoms with van der Waals surface area (Å²) in [5.41, 5.74) is 1.77. The summed E-state index contributed by atoms with van der Waals surface area (Å²) in [6, 6.07) is 13.2. The summed E-state index contributed by atoms with van der Waals surface area (Å²) < 4.78 is 0. The third kappa shape index (κ3) is 5.36. The third-order valence-corrected chi connectivity index (χ3v) is 3.36. The lowest BCUT2D eigenvalue weighted by Gasteiger charge is -2.10. The lowest BCUT2D eigenvalue weighted by atomic mass is 10.1. The highest BCUT2D eigenvalue weighted by Crippen LogP contribution is 2.11. The van der Waals surface area contributed by atoms with Crippen LogP contribution in [0.2, 0.25) is 5.02 Å². The smallest absolute Gasteiger partial charge is 0.307 e. The Kier molecular flexibility index (Phi) is 5.67. The molecule has 5 nitrogen and oxygen atoms in total. The fourth-order valence-electron chi connectivity index (χ4n) is 1.82. The summed E-state index contributed by atoms with van der Waals surface area (Å²) in [7, 11) is 0. The first kappa shape index (κ1) is 16.9. The van der Waals surface area contributed by atoms with Gasteiger partial charge in [0.2, 0.25) is 0 Å².